The summed E-state index contributed by atoms with van der Waals surface area (Å²) in [6.07, 6.45) is 0.729. The van der Waals surface area contributed by atoms with Gasteiger partial charge in [0.25, 0.3) is 0 Å². The second-order valence-electron chi connectivity index (χ2n) is 4.87. The quantitative estimate of drug-likeness (QED) is 0.759. The molecule has 19 heavy (non-hydrogen) atoms. The highest BCUT2D eigenvalue weighted by molar-refractivity contribution is 5.42. The van der Waals surface area contributed by atoms with Crippen molar-refractivity contribution in [1.82, 2.24) is 5.32 Å². The number of hydrogen-bond donors (Lipinski definition) is 2. The van der Waals surface area contributed by atoms with Crippen LogP contribution < -0.4 is 14.8 Å². The van der Waals surface area contributed by atoms with Crippen LogP contribution in [-0.4, -0.2) is 31.0 Å². The molecule has 0 heterocycles. The first-order valence-corrected chi connectivity index (χ1v) is 6.75. The predicted octanol–water partition coefficient (Wildman–Crippen LogP) is 2.34. The molecule has 0 spiro atoms. The third-order valence-electron chi connectivity index (χ3n) is 3.12. The van der Waals surface area contributed by atoms with Crippen molar-refractivity contribution < 1.29 is 14.6 Å². The highest BCUT2D eigenvalue weighted by Gasteiger charge is 2.16. The van der Waals surface area contributed by atoms with E-state index >= 15 is 0 Å². The number of hydrogen-bond acceptors (Lipinski definition) is 4. The van der Waals surface area contributed by atoms with Crippen molar-refractivity contribution in [2.45, 2.75) is 39.3 Å². The molecule has 4 heteroatoms. The molecule has 0 saturated carbocycles. The van der Waals surface area contributed by atoms with Gasteiger partial charge in [0.15, 0.2) is 11.5 Å². The second kappa shape index (κ2) is 7.36. The van der Waals surface area contributed by atoms with Gasteiger partial charge in [0, 0.05) is 13.1 Å². The Hall–Kier alpha value is -1.26. The number of methoxy groups -OCH3 is 1. The number of rotatable bonds is 8. The van der Waals surface area contributed by atoms with Crippen LogP contribution in [0.4, 0.5) is 0 Å². The summed E-state index contributed by atoms with van der Waals surface area (Å²) in [5.74, 6) is 1.50. The van der Waals surface area contributed by atoms with Crippen LogP contribution in [-0.2, 0) is 6.54 Å². The van der Waals surface area contributed by atoms with Gasteiger partial charge in [0.2, 0.25) is 0 Å². The minimum Gasteiger partial charge on any atom is -0.493 e. The summed E-state index contributed by atoms with van der Waals surface area (Å²) >= 11 is 0. The number of benzene rings is 1. The summed E-state index contributed by atoms with van der Waals surface area (Å²) in [7, 11) is 1.63. The van der Waals surface area contributed by atoms with Crippen molar-refractivity contribution in [2.24, 2.45) is 0 Å². The van der Waals surface area contributed by atoms with Crippen LogP contribution in [0.2, 0.25) is 0 Å². The highest BCUT2D eigenvalue weighted by Crippen LogP contribution is 2.28. The summed E-state index contributed by atoms with van der Waals surface area (Å²) in [5, 5.41) is 13.2. The molecule has 1 aromatic carbocycles. The Morgan fingerprint density at radius 1 is 1.26 bits per heavy atom. The molecule has 0 bridgehead atoms. The molecule has 1 aromatic rings. The molecular weight excluding hydrogens is 242 g/mol. The maximum atomic E-state index is 9.92. The van der Waals surface area contributed by atoms with E-state index in [9.17, 15) is 5.11 Å². The molecule has 1 atom stereocenters. The summed E-state index contributed by atoms with van der Waals surface area (Å²) in [4.78, 5) is 0. The van der Waals surface area contributed by atoms with E-state index in [4.69, 9.17) is 9.47 Å². The van der Waals surface area contributed by atoms with E-state index in [0.717, 1.165) is 23.5 Å². The first kappa shape index (κ1) is 15.8. The molecule has 0 saturated heterocycles. The molecule has 1 rings (SSSR count). The molecule has 108 valence electrons. The predicted molar refractivity (Wildman–Crippen MR) is 76.8 cm³/mol. The topological polar surface area (TPSA) is 50.7 Å². The smallest absolute Gasteiger partial charge is 0.161 e. The molecule has 0 fully saturated rings. The molecular formula is C15H25NO3. The molecule has 0 aromatic heterocycles. The Balaban J connectivity index is 2.61. The van der Waals surface area contributed by atoms with E-state index in [1.54, 1.807) is 7.11 Å². The van der Waals surface area contributed by atoms with Crippen molar-refractivity contribution >= 4 is 0 Å². The maximum absolute atomic E-state index is 9.92. The van der Waals surface area contributed by atoms with Crippen LogP contribution in [0.5, 0.6) is 11.5 Å². The minimum atomic E-state index is -0.658. The fourth-order valence-electron chi connectivity index (χ4n) is 1.70. The van der Waals surface area contributed by atoms with Gasteiger partial charge in [-0.3, -0.25) is 0 Å². The van der Waals surface area contributed by atoms with E-state index in [1.807, 2.05) is 39.0 Å². The highest BCUT2D eigenvalue weighted by atomic mass is 16.5. The lowest BCUT2D eigenvalue weighted by atomic mass is 10.0. The van der Waals surface area contributed by atoms with Gasteiger partial charge >= 0.3 is 0 Å². The molecule has 2 N–H and O–H groups in total. The minimum absolute atomic E-state index is 0.569. The summed E-state index contributed by atoms with van der Waals surface area (Å²) in [5.41, 5.74) is 0.450. The molecule has 0 aliphatic rings. The van der Waals surface area contributed by atoms with Crippen LogP contribution in [0, 0.1) is 0 Å². The fourth-order valence-corrected chi connectivity index (χ4v) is 1.70. The van der Waals surface area contributed by atoms with Gasteiger partial charge in [-0.1, -0.05) is 13.0 Å². The number of nitrogens with one attached hydrogen (secondary N) is 1. The van der Waals surface area contributed by atoms with Crippen molar-refractivity contribution in [2.75, 3.05) is 20.3 Å². The Morgan fingerprint density at radius 3 is 2.58 bits per heavy atom. The molecule has 0 radical (unpaired) electrons. The second-order valence-corrected chi connectivity index (χ2v) is 4.87. The molecule has 1 unspecified atom stereocenters. The SMILES string of the molecule is CCOc1cc(CNCC(C)(O)CC)ccc1OC. The number of aliphatic hydroxyl groups is 1. The van der Waals surface area contributed by atoms with Crippen LogP contribution >= 0.6 is 0 Å². The first-order valence-electron chi connectivity index (χ1n) is 6.75. The number of ether oxygens (including phenoxy) is 2. The zero-order chi connectivity index (χ0) is 14.3. The Bertz CT molecular complexity index is 391. The lowest BCUT2D eigenvalue weighted by molar-refractivity contribution is 0.0555. The van der Waals surface area contributed by atoms with Gasteiger partial charge in [-0.25, -0.2) is 0 Å². The summed E-state index contributed by atoms with van der Waals surface area (Å²) < 4.78 is 10.8. The van der Waals surface area contributed by atoms with Crippen molar-refractivity contribution in [3.8, 4) is 11.5 Å². The van der Waals surface area contributed by atoms with E-state index in [2.05, 4.69) is 5.32 Å². The first-order chi connectivity index (χ1) is 9.02. The molecule has 0 amide bonds. The standard InChI is InChI=1S/C15H25NO3/c1-5-15(3,17)11-16-10-12-7-8-13(18-4)14(9-12)19-6-2/h7-9,16-17H,5-6,10-11H2,1-4H3. The fraction of sp³-hybridized carbons (Fsp3) is 0.600. The van der Waals surface area contributed by atoms with Crippen molar-refractivity contribution in [3.05, 3.63) is 23.8 Å². The van der Waals surface area contributed by atoms with Crippen LogP contribution in [0.1, 0.15) is 32.8 Å². The van der Waals surface area contributed by atoms with Crippen LogP contribution in [0.15, 0.2) is 18.2 Å². The van der Waals surface area contributed by atoms with Crippen molar-refractivity contribution in [1.29, 1.82) is 0 Å². The lowest BCUT2D eigenvalue weighted by Gasteiger charge is -2.21. The van der Waals surface area contributed by atoms with Gasteiger partial charge in [-0.2, -0.15) is 0 Å². The Labute approximate surface area is 115 Å². The maximum Gasteiger partial charge on any atom is 0.161 e. The average Bonchev–Trinajstić information content (AvgIpc) is 2.39. The zero-order valence-corrected chi connectivity index (χ0v) is 12.3. The molecule has 4 nitrogen and oxygen atoms in total. The molecule has 0 aliphatic heterocycles. The monoisotopic (exact) mass is 267 g/mol. The Kier molecular flexibility index (Phi) is 6.12. The van der Waals surface area contributed by atoms with E-state index in [1.165, 1.54) is 0 Å². The van der Waals surface area contributed by atoms with E-state index < -0.39 is 5.60 Å². The average molecular weight is 267 g/mol. The van der Waals surface area contributed by atoms with Gasteiger partial charge in [0.1, 0.15) is 0 Å². The van der Waals surface area contributed by atoms with E-state index in [0.29, 0.717) is 19.7 Å². The largest absolute Gasteiger partial charge is 0.493 e. The lowest BCUT2D eigenvalue weighted by Crippen LogP contribution is -2.36. The van der Waals surface area contributed by atoms with Gasteiger partial charge in [0.05, 0.1) is 19.3 Å². The normalized spacial score (nSPS) is 13.9. The van der Waals surface area contributed by atoms with Gasteiger partial charge in [-0.15, -0.1) is 0 Å². The summed E-state index contributed by atoms with van der Waals surface area (Å²) in [6, 6.07) is 5.87. The van der Waals surface area contributed by atoms with Crippen LogP contribution in [0.25, 0.3) is 0 Å². The van der Waals surface area contributed by atoms with Crippen LogP contribution in [0.3, 0.4) is 0 Å². The van der Waals surface area contributed by atoms with Gasteiger partial charge < -0.3 is 19.9 Å². The Morgan fingerprint density at radius 2 is 2.00 bits per heavy atom. The zero-order valence-electron chi connectivity index (χ0n) is 12.3. The third kappa shape index (κ3) is 5.09. The van der Waals surface area contributed by atoms with Gasteiger partial charge in [-0.05, 0) is 38.0 Å². The third-order valence-corrected chi connectivity index (χ3v) is 3.12. The van der Waals surface area contributed by atoms with Crippen molar-refractivity contribution in [3.63, 3.8) is 0 Å². The molecule has 0 aliphatic carbocycles. The summed E-state index contributed by atoms with van der Waals surface area (Å²) in [6.45, 7) is 7.63. The van der Waals surface area contributed by atoms with E-state index in [-0.39, 0.29) is 0 Å².